The van der Waals surface area contributed by atoms with Crippen molar-refractivity contribution in [2.75, 3.05) is 0 Å². The van der Waals surface area contributed by atoms with Crippen LogP contribution in [0.3, 0.4) is 0 Å². The number of fused-ring (bicyclic) bond motifs is 1. The molecule has 2 atom stereocenters. The van der Waals surface area contributed by atoms with Gasteiger partial charge < -0.3 is 0 Å². The smallest absolute Gasteiger partial charge is 0.139 e. The summed E-state index contributed by atoms with van der Waals surface area (Å²) in [7, 11) is 0. The van der Waals surface area contributed by atoms with E-state index in [0.29, 0.717) is 17.1 Å². The zero-order valence-electron chi connectivity index (χ0n) is 10.4. The molecule has 84 valence electrons. The zero-order chi connectivity index (χ0) is 11.3. The first-order valence-corrected chi connectivity index (χ1v) is 6.05. The van der Waals surface area contributed by atoms with Gasteiger partial charge in [0.1, 0.15) is 5.78 Å². The summed E-state index contributed by atoms with van der Waals surface area (Å²) in [5.41, 5.74) is 1.74. The highest BCUT2D eigenvalue weighted by Crippen LogP contribution is 2.55. The van der Waals surface area contributed by atoms with Crippen molar-refractivity contribution in [1.29, 1.82) is 0 Å². The molecule has 0 aromatic carbocycles. The fraction of sp³-hybridized carbons (Fsp3) is 0.786. The lowest BCUT2D eigenvalue weighted by Crippen LogP contribution is -2.49. The highest BCUT2D eigenvalue weighted by molar-refractivity contribution is 5.86. The molecule has 0 heterocycles. The van der Waals surface area contributed by atoms with Gasteiger partial charge in [-0.05, 0) is 37.5 Å². The van der Waals surface area contributed by atoms with Crippen molar-refractivity contribution in [2.45, 2.75) is 53.4 Å². The van der Waals surface area contributed by atoms with E-state index in [1.165, 1.54) is 5.57 Å². The second kappa shape index (κ2) is 3.20. The summed E-state index contributed by atoms with van der Waals surface area (Å²) < 4.78 is 0. The molecule has 1 fully saturated rings. The molecule has 0 bridgehead atoms. The Hall–Kier alpha value is -0.590. The molecule has 2 rings (SSSR count). The van der Waals surface area contributed by atoms with E-state index >= 15 is 0 Å². The van der Waals surface area contributed by atoms with Gasteiger partial charge in [0.2, 0.25) is 0 Å². The first-order valence-electron chi connectivity index (χ1n) is 6.05. The third-order valence-corrected chi connectivity index (χ3v) is 4.75. The van der Waals surface area contributed by atoms with Gasteiger partial charge in [0.15, 0.2) is 0 Å². The second-order valence-corrected chi connectivity index (χ2v) is 6.34. The molecule has 1 saturated carbocycles. The number of ketones is 1. The Morgan fingerprint density at radius 3 is 2.67 bits per heavy atom. The molecule has 0 aliphatic heterocycles. The molecule has 2 aliphatic carbocycles. The molecule has 2 unspecified atom stereocenters. The number of allylic oxidation sites excluding steroid dienone is 2. The summed E-state index contributed by atoms with van der Waals surface area (Å²) in [6.45, 7) is 9.06. The summed E-state index contributed by atoms with van der Waals surface area (Å²) in [6.07, 6.45) is 6.21. The lowest BCUT2D eigenvalue weighted by Gasteiger charge is -2.51. The van der Waals surface area contributed by atoms with Gasteiger partial charge in [0.05, 0.1) is 0 Å². The van der Waals surface area contributed by atoms with Crippen LogP contribution in [-0.2, 0) is 4.79 Å². The molecule has 0 aromatic rings. The molecular formula is C14H22O. The van der Waals surface area contributed by atoms with E-state index in [2.05, 4.69) is 33.8 Å². The van der Waals surface area contributed by atoms with Crippen molar-refractivity contribution in [3.05, 3.63) is 11.6 Å². The van der Waals surface area contributed by atoms with Crippen LogP contribution in [-0.4, -0.2) is 5.78 Å². The van der Waals surface area contributed by atoms with Gasteiger partial charge in [-0.25, -0.2) is 0 Å². The van der Waals surface area contributed by atoms with Crippen LogP contribution in [0.25, 0.3) is 0 Å². The van der Waals surface area contributed by atoms with E-state index < -0.39 is 0 Å². The number of Topliss-reactive ketones (excluding diaryl/α,β-unsaturated/α-hetero) is 1. The van der Waals surface area contributed by atoms with Crippen molar-refractivity contribution in [3.63, 3.8) is 0 Å². The molecular weight excluding hydrogens is 184 g/mol. The summed E-state index contributed by atoms with van der Waals surface area (Å²) in [6, 6.07) is 0. The van der Waals surface area contributed by atoms with Gasteiger partial charge in [-0.15, -0.1) is 0 Å². The SMILES string of the molecule is CC1=CCC2(C)C(=O)CCC(C)(C)C2C1. The molecule has 0 saturated heterocycles. The van der Waals surface area contributed by atoms with Gasteiger partial charge >= 0.3 is 0 Å². The minimum absolute atomic E-state index is 0.0682. The Labute approximate surface area is 92.9 Å². The number of hydrogen-bond donors (Lipinski definition) is 0. The Morgan fingerprint density at radius 2 is 2.00 bits per heavy atom. The fourth-order valence-electron chi connectivity index (χ4n) is 3.50. The first kappa shape index (κ1) is 10.9. The van der Waals surface area contributed by atoms with E-state index in [4.69, 9.17) is 0 Å². The normalized spacial score (nSPS) is 39.6. The van der Waals surface area contributed by atoms with Crippen molar-refractivity contribution in [2.24, 2.45) is 16.7 Å². The number of carbonyl (C=O) groups excluding carboxylic acids is 1. The Kier molecular flexibility index (Phi) is 2.33. The summed E-state index contributed by atoms with van der Waals surface area (Å²) in [5.74, 6) is 1.05. The lowest BCUT2D eigenvalue weighted by molar-refractivity contribution is -0.141. The standard InChI is InChI=1S/C14H22O/c1-10-5-8-14(4)11(9-10)13(2,3)7-6-12(14)15/h5,11H,6-9H2,1-4H3. The maximum absolute atomic E-state index is 12.1. The average Bonchev–Trinajstić information content (AvgIpc) is 2.16. The van der Waals surface area contributed by atoms with Crippen LogP contribution in [0.15, 0.2) is 11.6 Å². The van der Waals surface area contributed by atoms with E-state index in [0.717, 1.165) is 25.7 Å². The maximum Gasteiger partial charge on any atom is 0.139 e. The van der Waals surface area contributed by atoms with Crippen LogP contribution in [0.2, 0.25) is 0 Å². The molecule has 1 nitrogen and oxygen atoms in total. The van der Waals surface area contributed by atoms with Gasteiger partial charge in [-0.1, -0.05) is 32.4 Å². The monoisotopic (exact) mass is 206 g/mol. The van der Waals surface area contributed by atoms with Crippen molar-refractivity contribution >= 4 is 5.78 Å². The highest BCUT2D eigenvalue weighted by Gasteiger charge is 2.51. The molecule has 2 aliphatic rings. The van der Waals surface area contributed by atoms with Crippen LogP contribution in [0.5, 0.6) is 0 Å². The molecule has 15 heavy (non-hydrogen) atoms. The second-order valence-electron chi connectivity index (χ2n) is 6.34. The topological polar surface area (TPSA) is 17.1 Å². The van der Waals surface area contributed by atoms with Gasteiger partial charge in [0.25, 0.3) is 0 Å². The summed E-state index contributed by atoms with van der Waals surface area (Å²) >= 11 is 0. The minimum atomic E-state index is -0.0682. The summed E-state index contributed by atoms with van der Waals surface area (Å²) in [4.78, 5) is 12.1. The average molecular weight is 206 g/mol. The number of rotatable bonds is 0. The van der Waals surface area contributed by atoms with E-state index in [9.17, 15) is 4.79 Å². The van der Waals surface area contributed by atoms with E-state index in [1.54, 1.807) is 0 Å². The Bertz CT molecular complexity index is 324. The van der Waals surface area contributed by atoms with Crippen molar-refractivity contribution < 1.29 is 4.79 Å². The van der Waals surface area contributed by atoms with Crippen molar-refractivity contribution in [1.82, 2.24) is 0 Å². The largest absolute Gasteiger partial charge is 0.299 e. The lowest BCUT2D eigenvalue weighted by atomic mass is 9.52. The third-order valence-electron chi connectivity index (χ3n) is 4.75. The molecule has 0 N–H and O–H groups in total. The van der Waals surface area contributed by atoms with E-state index in [-0.39, 0.29) is 5.41 Å². The summed E-state index contributed by atoms with van der Waals surface area (Å²) in [5, 5.41) is 0. The zero-order valence-corrected chi connectivity index (χ0v) is 10.4. The van der Waals surface area contributed by atoms with Crippen molar-refractivity contribution in [3.8, 4) is 0 Å². The molecule has 0 amide bonds. The van der Waals surface area contributed by atoms with Gasteiger partial charge in [-0.2, -0.15) is 0 Å². The van der Waals surface area contributed by atoms with Crippen LogP contribution in [0.4, 0.5) is 0 Å². The van der Waals surface area contributed by atoms with Crippen LogP contribution in [0, 0.1) is 16.7 Å². The maximum atomic E-state index is 12.1. The predicted octanol–water partition coefficient (Wildman–Crippen LogP) is 3.74. The molecule has 0 aromatic heterocycles. The minimum Gasteiger partial charge on any atom is -0.299 e. The predicted molar refractivity (Wildman–Crippen MR) is 62.6 cm³/mol. The molecule has 0 radical (unpaired) electrons. The van der Waals surface area contributed by atoms with Crippen LogP contribution in [0.1, 0.15) is 53.4 Å². The first-order chi connectivity index (χ1) is 6.86. The van der Waals surface area contributed by atoms with E-state index in [1.807, 2.05) is 0 Å². The highest BCUT2D eigenvalue weighted by atomic mass is 16.1. The van der Waals surface area contributed by atoms with Crippen LogP contribution < -0.4 is 0 Å². The number of carbonyl (C=O) groups is 1. The Morgan fingerprint density at radius 1 is 1.33 bits per heavy atom. The molecule has 1 heteroatoms. The van der Waals surface area contributed by atoms with Crippen LogP contribution >= 0.6 is 0 Å². The van der Waals surface area contributed by atoms with Gasteiger partial charge in [0, 0.05) is 11.8 Å². The quantitative estimate of drug-likeness (QED) is 0.552. The van der Waals surface area contributed by atoms with Gasteiger partial charge in [-0.3, -0.25) is 4.79 Å². The Balaban J connectivity index is 2.40. The third kappa shape index (κ3) is 1.56. The molecule has 0 spiro atoms. The fourth-order valence-corrected chi connectivity index (χ4v) is 3.50. The number of hydrogen-bond acceptors (Lipinski definition) is 1.